The van der Waals surface area contributed by atoms with Gasteiger partial charge in [-0.3, -0.25) is 4.79 Å². The number of nitrogens with zero attached hydrogens (tertiary/aromatic N) is 3. The lowest BCUT2D eigenvalue weighted by molar-refractivity contribution is -0.120. The number of halogens is 1. The van der Waals surface area contributed by atoms with Crippen LogP contribution in [0.1, 0.15) is 12.5 Å². The summed E-state index contributed by atoms with van der Waals surface area (Å²) in [6, 6.07) is 12.6. The molecule has 0 saturated carbocycles. The molecule has 6 nitrogen and oxygen atoms in total. The average molecular weight is 372 g/mol. The number of ether oxygens (including phenoxy) is 1. The summed E-state index contributed by atoms with van der Waals surface area (Å²) >= 11 is 5.89. The molecule has 0 unspecified atom stereocenters. The number of azo groups is 1. The minimum Gasteiger partial charge on any atom is -0.493 e. The third-order valence-corrected chi connectivity index (χ3v) is 4.22. The third-order valence-electron chi connectivity index (χ3n) is 3.98. The molecule has 1 N–H and O–H groups in total. The number of carbonyl (C=O) groups is 1. The normalized spacial score (nSPS) is 11.3. The topological polar surface area (TPSA) is 76.2 Å². The number of hydrogen-bond donors (Lipinski definition) is 1. The highest BCUT2D eigenvalue weighted by atomic mass is 35.5. The lowest BCUT2D eigenvalue weighted by atomic mass is 10.2. The van der Waals surface area contributed by atoms with Crippen molar-refractivity contribution in [2.45, 2.75) is 20.4 Å². The maximum atomic E-state index is 12.0. The lowest BCUT2D eigenvalue weighted by Gasteiger charge is -2.06. The standard InChI is InChI=1S/C19H18ClN3O3/c1-3-23-15-7-5-4-6-14(15)18(19(23)25)22-21-17(24)11-26-16-9-8-13(20)10-12(16)2/h4-10,25H,3,11H2,1-2H3. The number of amides is 1. The fourth-order valence-electron chi connectivity index (χ4n) is 2.74. The van der Waals surface area contributed by atoms with E-state index >= 15 is 0 Å². The molecule has 1 aromatic heterocycles. The summed E-state index contributed by atoms with van der Waals surface area (Å²) in [5.41, 5.74) is 1.94. The fraction of sp³-hybridized carbons (Fsp3) is 0.211. The van der Waals surface area contributed by atoms with Gasteiger partial charge < -0.3 is 14.4 Å². The Morgan fingerprint density at radius 1 is 1.27 bits per heavy atom. The molecule has 0 aliphatic heterocycles. The Kier molecular flexibility index (Phi) is 5.23. The van der Waals surface area contributed by atoms with E-state index in [0.717, 1.165) is 16.5 Å². The average Bonchev–Trinajstić information content (AvgIpc) is 2.90. The SMILES string of the molecule is CCn1c(O)c(N=NC(=O)COc2ccc(Cl)cc2C)c2ccccc21. The lowest BCUT2D eigenvalue weighted by Crippen LogP contribution is -2.08. The Morgan fingerprint density at radius 3 is 2.77 bits per heavy atom. The van der Waals surface area contributed by atoms with Crippen molar-refractivity contribution in [1.82, 2.24) is 4.57 Å². The molecule has 0 aliphatic rings. The maximum absolute atomic E-state index is 12.0. The number of aromatic hydroxyl groups is 1. The van der Waals surface area contributed by atoms with E-state index in [0.29, 0.717) is 17.3 Å². The quantitative estimate of drug-likeness (QED) is 0.640. The summed E-state index contributed by atoms with van der Waals surface area (Å²) < 4.78 is 7.17. The van der Waals surface area contributed by atoms with Crippen LogP contribution >= 0.6 is 11.6 Å². The molecule has 26 heavy (non-hydrogen) atoms. The molecule has 1 amide bonds. The van der Waals surface area contributed by atoms with Crippen LogP contribution in [-0.4, -0.2) is 22.2 Å². The van der Waals surface area contributed by atoms with Gasteiger partial charge in [0.2, 0.25) is 5.88 Å². The van der Waals surface area contributed by atoms with Crippen LogP contribution in [0.5, 0.6) is 11.6 Å². The number of para-hydroxylation sites is 1. The zero-order valence-electron chi connectivity index (χ0n) is 14.4. The van der Waals surface area contributed by atoms with E-state index in [4.69, 9.17) is 16.3 Å². The molecule has 0 fully saturated rings. The van der Waals surface area contributed by atoms with Gasteiger partial charge in [0.1, 0.15) is 5.75 Å². The molecule has 0 aliphatic carbocycles. The minimum atomic E-state index is -0.549. The highest BCUT2D eigenvalue weighted by molar-refractivity contribution is 6.30. The second-order valence-electron chi connectivity index (χ2n) is 5.73. The maximum Gasteiger partial charge on any atom is 0.302 e. The summed E-state index contributed by atoms with van der Waals surface area (Å²) in [4.78, 5) is 12.0. The van der Waals surface area contributed by atoms with Gasteiger partial charge in [-0.05, 0) is 43.7 Å². The number of carbonyl (C=O) groups excluding carboxylic acids is 1. The number of benzene rings is 2. The van der Waals surface area contributed by atoms with Crippen molar-refractivity contribution < 1.29 is 14.6 Å². The predicted molar refractivity (Wildman–Crippen MR) is 100 cm³/mol. The van der Waals surface area contributed by atoms with Crippen molar-refractivity contribution in [1.29, 1.82) is 0 Å². The molecule has 7 heteroatoms. The van der Waals surface area contributed by atoms with Gasteiger partial charge in [-0.1, -0.05) is 29.8 Å². The van der Waals surface area contributed by atoms with Gasteiger partial charge in [0, 0.05) is 17.0 Å². The zero-order valence-corrected chi connectivity index (χ0v) is 15.2. The molecule has 0 spiro atoms. The fourth-order valence-corrected chi connectivity index (χ4v) is 2.97. The van der Waals surface area contributed by atoms with E-state index in [-0.39, 0.29) is 18.2 Å². The molecule has 0 bridgehead atoms. The molecular weight excluding hydrogens is 354 g/mol. The molecule has 2 aromatic carbocycles. The summed E-state index contributed by atoms with van der Waals surface area (Å²) in [5.74, 6) is -0.00447. The highest BCUT2D eigenvalue weighted by Gasteiger charge is 2.15. The smallest absolute Gasteiger partial charge is 0.302 e. The second kappa shape index (κ2) is 7.58. The van der Waals surface area contributed by atoms with Gasteiger partial charge in [-0.2, -0.15) is 0 Å². The summed E-state index contributed by atoms with van der Waals surface area (Å²) in [6.45, 7) is 4.08. The number of fused-ring (bicyclic) bond motifs is 1. The monoisotopic (exact) mass is 371 g/mol. The zero-order chi connectivity index (χ0) is 18.7. The predicted octanol–water partition coefficient (Wildman–Crippen LogP) is 5.02. The van der Waals surface area contributed by atoms with Crippen molar-refractivity contribution >= 4 is 34.1 Å². The summed E-state index contributed by atoms with van der Waals surface area (Å²) in [5, 5.41) is 19.3. The van der Waals surface area contributed by atoms with E-state index < -0.39 is 5.91 Å². The van der Waals surface area contributed by atoms with Crippen molar-refractivity contribution in [3.63, 3.8) is 0 Å². The molecular formula is C19H18ClN3O3. The summed E-state index contributed by atoms with van der Waals surface area (Å²) in [7, 11) is 0. The van der Waals surface area contributed by atoms with Gasteiger partial charge in [0.25, 0.3) is 0 Å². The number of rotatable bonds is 5. The molecule has 134 valence electrons. The van der Waals surface area contributed by atoms with Gasteiger partial charge in [0.05, 0.1) is 5.52 Å². The van der Waals surface area contributed by atoms with Crippen LogP contribution < -0.4 is 4.74 Å². The van der Waals surface area contributed by atoms with E-state index in [1.807, 2.05) is 38.1 Å². The van der Waals surface area contributed by atoms with Crippen LogP contribution in [0, 0.1) is 6.92 Å². The number of aryl methyl sites for hydroxylation is 2. The van der Waals surface area contributed by atoms with Gasteiger partial charge in [0.15, 0.2) is 12.3 Å². The van der Waals surface area contributed by atoms with Crippen molar-refractivity contribution in [3.8, 4) is 11.6 Å². The minimum absolute atomic E-state index is 0.0142. The van der Waals surface area contributed by atoms with Crippen molar-refractivity contribution in [2.75, 3.05) is 6.61 Å². The molecule has 3 rings (SSSR count). The van der Waals surface area contributed by atoms with Crippen molar-refractivity contribution in [2.24, 2.45) is 10.2 Å². The Morgan fingerprint density at radius 2 is 2.04 bits per heavy atom. The number of aromatic nitrogens is 1. The van der Waals surface area contributed by atoms with E-state index in [1.54, 1.807) is 22.8 Å². The molecule has 3 aromatic rings. The second-order valence-corrected chi connectivity index (χ2v) is 6.16. The third kappa shape index (κ3) is 3.55. The van der Waals surface area contributed by atoms with Crippen molar-refractivity contribution in [3.05, 3.63) is 53.1 Å². The Labute approximate surface area is 155 Å². The summed E-state index contributed by atoms with van der Waals surface area (Å²) in [6.07, 6.45) is 0. The van der Waals surface area contributed by atoms with Crippen LogP contribution in [-0.2, 0) is 11.3 Å². The van der Waals surface area contributed by atoms with Gasteiger partial charge in [-0.15, -0.1) is 10.2 Å². The molecule has 1 heterocycles. The first kappa shape index (κ1) is 17.9. The van der Waals surface area contributed by atoms with Crippen LogP contribution in [0.25, 0.3) is 10.9 Å². The molecule has 0 atom stereocenters. The van der Waals surface area contributed by atoms with Crippen LogP contribution in [0.3, 0.4) is 0 Å². The Balaban J connectivity index is 1.76. The van der Waals surface area contributed by atoms with Crippen LogP contribution in [0.15, 0.2) is 52.7 Å². The van der Waals surface area contributed by atoms with E-state index in [1.165, 1.54) is 0 Å². The van der Waals surface area contributed by atoms with E-state index in [2.05, 4.69) is 10.2 Å². The first-order valence-electron chi connectivity index (χ1n) is 8.15. The molecule has 0 radical (unpaired) electrons. The molecule has 0 saturated heterocycles. The first-order valence-corrected chi connectivity index (χ1v) is 8.52. The Hall–Kier alpha value is -2.86. The van der Waals surface area contributed by atoms with Crippen LogP contribution in [0.4, 0.5) is 5.69 Å². The number of hydrogen-bond acceptors (Lipinski definition) is 4. The first-order chi connectivity index (χ1) is 12.5. The van der Waals surface area contributed by atoms with Gasteiger partial charge in [-0.25, -0.2) is 0 Å². The Bertz CT molecular complexity index is 995. The highest BCUT2D eigenvalue weighted by Crippen LogP contribution is 2.38. The van der Waals surface area contributed by atoms with E-state index in [9.17, 15) is 9.90 Å². The van der Waals surface area contributed by atoms with Crippen LogP contribution in [0.2, 0.25) is 5.02 Å². The largest absolute Gasteiger partial charge is 0.493 e. The van der Waals surface area contributed by atoms with Gasteiger partial charge >= 0.3 is 5.91 Å².